The molecule has 7 heterocycles. The van der Waals surface area contributed by atoms with E-state index < -0.39 is 222 Å². The Bertz CT molecular complexity index is 2000. The van der Waals surface area contributed by atoms with Crippen molar-refractivity contribution in [3.63, 3.8) is 0 Å². The van der Waals surface area contributed by atoms with Crippen molar-refractivity contribution in [2.24, 2.45) is 17.8 Å². The molecule has 80 heavy (non-hydrogen) atoms. The Hall–Kier alpha value is -2.76. The third-order valence-electron chi connectivity index (χ3n) is 16.6. The van der Waals surface area contributed by atoms with Crippen molar-refractivity contribution in [2.45, 2.75) is 252 Å². The van der Waals surface area contributed by atoms with Gasteiger partial charge in [0.2, 0.25) is 5.76 Å². The zero-order valence-electron chi connectivity index (χ0n) is 45.9. The summed E-state index contributed by atoms with van der Waals surface area (Å²) in [6.45, 7) is 8.00. The van der Waals surface area contributed by atoms with Crippen LogP contribution in [0.1, 0.15) is 99.3 Å². The highest BCUT2D eigenvalue weighted by Gasteiger charge is 2.54. The topological polar surface area (TPSA) is 417 Å². The summed E-state index contributed by atoms with van der Waals surface area (Å²) in [6, 6.07) is 0. The largest absolute Gasteiger partial charge is 0.504 e. The number of aliphatic hydroxyl groups excluding tert-OH is 12. The van der Waals surface area contributed by atoms with Gasteiger partial charge >= 0.3 is 17.9 Å². The monoisotopic (exact) mass is 1160 g/mol. The number of aliphatic hydroxyl groups is 13. The van der Waals surface area contributed by atoms with Gasteiger partial charge in [0.05, 0.1) is 88.1 Å². The third kappa shape index (κ3) is 15.2. The molecule has 7 aliphatic rings. The van der Waals surface area contributed by atoms with Crippen molar-refractivity contribution in [1.29, 1.82) is 0 Å². The van der Waals surface area contributed by atoms with Gasteiger partial charge in [-0.25, -0.2) is 0 Å². The number of hydrogen-bond donors (Lipinski definition) is 13. The molecule has 0 unspecified atom stereocenters. The van der Waals surface area contributed by atoms with Gasteiger partial charge in [-0.05, 0) is 44.9 Å². The Morgan fingerprint density at radius 3 is 2.12 bits per heavy atom. The number of ether oxygens (including phenoxy) is 13. The predicted molar refractivity (Wildman–Crippen MR) is 264 cm³/mol. The minimum atomic E-state index is -2.05. The number of rotatable bonds is 21. The van der Waals surface area contributed by atoms with E-state index in [1.54, 1.807) is 13.8 Å². The van der Waals surface area contributed by atoms with Gasteiger partial charge < -0.3 is 128 Å². The van der Waals surface area contributed by atoms with Crippen molar-refractivity contribution in [2.75, 3.05) is 33.0 Å². The zero-order valence-corrected chi connectivity index (χ0v) is 45.9. The summed E-state index contributed by atoms with van der Waals surface area (Å²) in [5.74, 6) is -4.31. The summed E-state index contributed by atoms with van der Waals surface area (Å²) in [7, 11) is 0. The van der Waals surface area contributed by atoms with Crippen LogP contribution in [-0.2, 0) is 71.2 Å². The van der Waals surface area contributed by atoms with E-state index in [4.69, 9.17) is 61.6 Å². The summed E-state index contributed by atoms with van der Waals surface area (Å²) in [6.07, 6.45) is -29.3. The Kier molecular flexibility index (Phi) is 23.0. The normalized spacial score (nSPS) is 44.1. The maximum atomic E-state index is 13.5. The number of esters is 2. The average Bonchev–Trinajstić information content (AvgIpc) is 3.99. The lowest BCUT2D eigenvalue weighted by Gasteiger charge is -2.43. The Morgan fingerprint density at radius 1 is 0.750 bits per heavy atom. The van der Waals surface area contributed by atoms with E-state index in [0.717, 1.165) is 0 Å². The van der Waals surface area contributed by atoms with Crippen LogP contribution in [0.15, 0.2) is 11.7 Å². The molecule has 0 spiro atoms. The first-order valence-corrected chi connectivity index (χ1v) is 27.9. The van der Waals surface area contributed by atoms with Gasteiger partial charge in [-0.1, -0.05) is 34.1 Å². The van der Waals surface area contributed by atoms with Crippen LogP contribution in [0.5, 0.6) is 0 Å². The average molecular weight is 1160 g/mol. The summed E-state index contributed by atoms with van der Waals surface area (Å²) in [5.41, 5.74) is -2.05. The van der Waals surface area contributed by atoms with Gasteiger partial charge in [-0.15, -0.1) is 0 Å². The van der Waals surface area contributed by atoms with Gasteiger partial charge in [-0.3, -0.25) is 9.59 Å². The Labute approximate surface area is 463 Å². The lowest BCUT2D eigenvalue weighted by Crippen LogP contribution is -2.59. The van der Waals surface area contributed by atoms with Gasteiger partial charge in [0.1, 0.15) is 73.2 Å². The lowest BCUT2D eigenvalue weighted by molar-refractivity contribution is -0.320. The molecule has 0 aliphatic carbocycles. The van der Waals surface area contributed by atoms with Gasteiger partial charge in [-0.2, -0.15) is 0 Å². The molecule has 0 saturated carbocycles. The van der Waals surface area contributed by atoms with Crippen molar-refractivity contribution in [1.82, 2.24) is 0 Å². The number of carbonyl (C=O) groups excluding carboxylic acids is 2. The van der Waals surface area contributed by atoms with E-state index >= 15 is 0 Å². The summed E-state index contributed by atoms with van der Waals surface area (Å²) < 4.78 is 75.3. The molecule has 13 N–H and O–H groups in total. The highest BCUT2D eigenvalue weighted by molar-refractivity contribution is 5.71. The molecule has 7 rings (SSSR count). The molecule has 0 aromatic carbocycles. The molecule has 0 radical (unpaired) electrons. The van der Waals surface area contributed by atoms with Crippen molar-refractivity contribution < 1.29 is 138 Å². The van der Waals surface area contributed by atoms with E-state index in [-0.39, 0.29) is 37.7 Å². The molecule has 462 valence electrons. The van der Waals surface area contributed by atoms with Crippen molar-refractivity contribution >= 4 is 11.9 Å². The first-order chi connectivity index (χ1) is 37.9. The number of fused-ring (bicyclic) bond motifs is 3. The van der Waals surface area contributed by atoms with Crippen molar-refractivity contribution in [3.05, 3.63) is 11.7 Å². The fourth-order valence-corrected chi connectivity index (χ4v) is 11.1. The first-order valence-electron chi connectivity index (χ1n) is 27.9. The van der Waals surface area contributed by atoms with E-state index in [2.05, 4.69) is 0 Å². The maximum absolute atomic E-state index is 13.5. The highest BCUT2D eigenvalue weighted by atomic mass is 16.8. The Morgan fingerprint density at radius 2 is 1.45 bits per heavy atom. The van der Waals surface area contributed by atoms with E-state index in [1.165, 1.54) is 6.92 Å². The second kappa shape index (κ2) is 28.4. The highest BCUT2D eigenvalue weighted by Crippen LogP contribution is 2.40. The predicted octanol–water partition coefficient (Wildman–Crippen LogP) is -3.12. The van der Waals surface area contributed by atoms with E-state index in [1.807, 2.05) is 20.8 Å². The minimum absolute atomic E-state index is 0.0305. The third-order valence-corrected chi connectivity index (χ3v) is 16.6. The quantitative estimate of drug-likeness (QED) is 0.0506. The number of carbonyl (C=O) groups is 2. The smallest absolute Gasteiger partial charge is 0.322 e. The van der Waals surface area contributed by atoms with Crippen LogP contribution in [0.4, 0.5) is 0 Å². The van der Waals surface area contributed by atoms with E-state index in [9.17, 15) is 76.0 Å². The van der Waals surface area contributed by atoms with Crippen LogP contribution in [0, 0.1) is 17.8 Å². The second-order valence-electron chi connectivity index (χ2n) is 22.6. The second-order valence-corrected chi connectivity index (χ2v) is 22.6. The van der Waals surface area contributed by atoms with Crippen molar-refractivity contribution in [3.8, 4) is 0 Å². The summed E-state index contributed by atoms with van der Waals surface area (Å²) in [5, 5.41) is 140. The lowest BCUT2D eigenvalue weighted by atomic mass is 9.81. The standard InChI is InChI=1S/C52H86O28/c1-7-21(3)31(73-35(58)13-26(56)12-32-22(4)9-10-28-37(60)30(8-2)75-48(38(28)61)80-45-39(62)34(16-53)77-50(45)76-32)11-25(55)14-36(59)74-33-15-27(17-68-23(33)5)72-49-41(64)40(63)43(24(6)71-49)78-47-42(65)44(29(57)18-69-47)79-51-46(66)52(67,19-54)20-70-51/h21-34,37-41,43-46,48-51,53-57,60-67H,7-20H2,1-6H3/t21-,22-,23+,24-,25-,26-,27+,28+,29+,30-,31-,32-,33+,34-,37+,38+,39-,40-,41+,43-,44-,45+,46-,48-,49-,50+,51-,52+/m0/s1. The molecular weight excluding hydrogens is 1070 g/mol. The maximum Gasteiger partial charge on any atom is 0.322 e. The van der Waals surface area contributed by atoms with Crippen LogP contribution in [-0.4, -0.2) is 264 Å². The molecule has 28 heteroatoms. The first kappa shape index (κ1) is 64.8. The summed E-state index contributed by atoms with van der Waals surface area (Å²) in [4.78, 5) is 26.8. The molecule has 7 aliphatic heterocycles. The molecule has 0 amide bonds. The van der Waals surface area contributed by atoms with Gasteiger partial charge in [0, 0.05) is 25.2 Å². The molecule has 6 saturated heterocycles. The molecule has 6 fully saturated rings. The zero-order chi connectivity index (χ0) is 58.5. The van der Waals surface area contributed by atoms with Crippen LogP contribution in [0.2, 0.25) is 0 Å². The molecule has 0 aromatic heterocycles. The van der Waals surface area contributed by atoms with Crippen LogP contribution in [0.25, 0.3) is 0 Å². The number of hydrogen-bond acceptors (Lipinski definition) is 28. The SMILES string of the molecule is CC[C@@H]1O[C@H]2O[C@H]3[C@@H](O[C@@H](CO)[C@@H]3O)O[C@@H](C[C@H](O)CC(=O)O[C@@H](C[C@H](O)CC(=O)O[C@@H]3C[C@@H](O[C@@H]4O[C@@H](C)[C@H](OC5=C(O)[C@@H](O[C@@H]6OC[C@](O)(CO)[C@H]6O)[C@H](O)CO5)[C@@H](O)[C@H]4O)CO[C@@H]3C)[C@@H](C)CC)[C@@H](C)CC[C@H]([C@H]1O)[C@H]2O. The fraction of sp³-hybridized carbons (Fsp3) is 0.923. The minimum Gasteiger partial charge on any atom is -0.504 e. The van der Waals surface area contributed by atoms with Gasteiger partial charge in [0.15, 0.2) is 37.4 Å². The van der Waals surface area contributed by atoms with Gasteiger partial charge in [0.25, 0.3) is 0 Å². The molecular formula is C52H86O28. The fourth-order valence-electron chi connectivity index (χ4n) is 11.1. The Balaban J connectivity index is 0.885. The molecule has 0 aromatic rings. The molecule has 28 nitrogen and oxygen atoms in total. The molecule has 2 bridgehead atoms. The van der Waals surface area contributed by atoms with Crippen LogP contribution in [0.3, 0.4) is 0 Å². The van der Waals surface area contributed by atoms with Crippen LogP contribution < -0.4 is 0 Å². The van der Waals surface area contributed by atoms with Crippen LogP contribution >= 0.6 is 0 Å². The molecule has 28 atom stereocenters. The summed E-state index contributed by atoms with van der Waals surface area (Å²) >= 11 is 0. The van der Waals surface area contributed by atoms with E-state index in [0.29, 0.717) is 25.7 Å².